The third-order valence-electron chi connectivity index (χ3n) is 15.8. The average molecular weight is 1100 g/mol. The molecule has 0 bridgehead atoms. The number of allylic oxidation sites excluding steroid dienone is 2. The number of nitrogens with zero attached hydrogens (tertiary/aromatic N) is 4. The van der Waals surface area contributed by atoms with E-state index in [0.29, 0.717) is 0 Å². The topological polar surface area (TPSA) is 93.1 Å². The quantitative estimate of drug-likeness (QED) is 0.0301. The van der Waals surface area contributed by atoms with E-state index >= 15 is 0 Å². The maximum absolute atomic E-state index is 10.5. The Kier molecular flexibility index (Phi) is 23.1. The summed E-state index contributed by atoms with van der Waals surface area (Å²) in [4.78, 5) is 7.03. The Labute approximate surface area is 474 Å². The van der Waals surface area contributed by atoms with Crippen molar-refractivity contribution in [3.05, 3.63) is 73.7 Å². The van der Waals surface area contributed by atoms with Crippen LogP contribution in [-0.4, -0.2) is 19.7 Å². The van der Waals surface area contributed by atoms with Gasteiger partial charge < -0.3 is 14.4 Å². The Morgan fingerprint density at radius 2 is 1.11 bits per heavy atom. The number of nitriles is 3. The highest BCUT2D eigenvalue weighted by molar-refractivity contribution is 7.35. The Morgan fingerprint density at radius 3 is 1.62 bits per heavy atom. The lowest BCUT2D eigenvalue weighted by Crippen LogP contribution is -2.35. The highest BCUT2D eigenvalue weighted by atomic mass is 32.1. The number of hydrogen-bond donors (Lipinski definition) is 0. The molecule has 0 saturated heterocycles. The van der Waals surface area contributed by atoms with E-state index in [2.05, 4.69) is 88.3 Å². The molecule has 2 aliphatic heterocycles. The summed E-state index contributed by atoms with van der Waals surface area (Å²) in [6.07, 6.45) is 43.3. The molecule has 408 valence electrons. The fourth-order valence-electron chi connectivity index (χ4n) is 11.8. The monoisotopic (exact) mass is 1100 g/mol. The van der Waals surface area contributed by atoms with Gasteiger partial charge >= 0.3 is 0 Å². The van der Waals surface area contributed by atoms with Crippen LogP contribution >= 0.6 is 45.3 Å². The minimum absolute atomic E-state index is 0.0816. The molecule has 0 N–H and O–H groups in total. The van der Waals surface area contributed by atoms with Gasteiger partial charge in [-0.1, -0.05) is 193 Å². The van der Waals surface area contributed by atoms with Gasteiger partial charge in [-0.25, -0.2) is 0 Å². The van der Waals surface area contributed by atoms with Gasteiger partial charge in [0.25, 0.3) is 0 Å². The van der Waals surface area contributed by atoms with E-state index < -0.39 is 11.2 Å². The first-order valence-electron chi connectivity index (χ1n) is 29.7. The standard InChI is InChI=1S/C66H88N4O2S4/c1-8-11-13-15-17-19-21-23-25-27-29-31-33-40-66(41-34-32-30-28-26-24-22-20-18-16-14-12-9-2)58-61-55(43-51(73-61)38-36-48-37-39-53(70(6)7)49(42-48)35-10-3)75-63(58)64-60(72-66)62-56(76-64)44-54(74-62)57-52(47-69)59(50(45-67)46-68)71-65(57,4)5/h36-39,42-44H,8-35,40-41H2,1-7H3/b38-36+. The van der Waals surface area contributed by atoms with Gasteiger partial charge in [0.1, 0.15) is 35.0 Å². The smallest absolute Gasteiger partial charge is 0.172 e. The number of anilines is 1. The molecule has 0 aliphatic carbocycles. The van der Waals surface area contributed by atoms with Crippen LogP contribution < -0.4 is 9.64 Å². The van der Waals surface area contributed by atoms with Crippen LogP contribution in [0.25, 0.3) is 46.3 Å². The molecule has 76 heavy (non-hydrogen) atoms. The third-order valence-corrected chi connectivity index (χ3v) is 20.8. The molecule has 0 saturated carbocycles. The SMILES string of the molecule is CCCCCCCCCCCCCCCC1(CCCCCCCCCCCCCCC)Oc2c(sc3cc(C4=C(C#N)C(=C(C#N)C#N)OC4(C)C)sc23)-c2sc3cc(/C=C/c4ccc(N(C)C)c(CCC)c4)sc3c21. The van der Waals surface area contributed by atoms with Gasteiger partial charge in [0, 0.05) is 45.4 Å². The first kappa shape index (κ1) is 59.3. The van der Waals surface area contributed by atoms with Crippen molar-refractivity contribution < 1.29 is 9.47 Å². The van der Waals surface area contributed by atoms with Crippen molar-refractivity contribution in [1.29, 1.82) is 15.8 Å². The van der Waals surface area contributed by atoms with Crippen LogP contribution in [0.1, 0.15) is 247 Å². The molecule has 6 heterocycles. The fraction of sp³-hybridized carbons (Fsp3) is 0.591. The number of benzene rings is 1. The summed E-state index contributed by atoms with van der Waals surface area (Å²) in [5, 5.41) is 30.2. The lowest BCUT2D eigenvalue weighted by molar-refractivity contribution is 0.0430. The van der Waals surface area contributed by atoms with Crippen molar-refractivity contribution >= 4 is 87.6 Å². The van der Waals surface area contributed by atoms with Crippen LogP contribution in [-0.2, 0) is 16.8 Å². The van der Waals surface area contributed by atoms with E-state index in [4.69, 9.17) is 9.47 Å². The highest BCUT2D eigenvalue weighted by Crippen LogP contribution is 2.63. The molecule has 0 spiro atoms. The van der Waals surface area contributed by atoms with Gasteiger partial charge in [-0.05, 0) is 87.4 Å². The minimum Gasteiger partial charge on any atom is -0.479 e. The van der Waals surface area contributed by atoms with E-state index in [9.17, 15) is 15.8 Å². The number of rotatable bonds is 34. The van der Waals surface area contributed by atoms with Gasteiger partial charge in [0.2, 0.25) is 0 Å². The zero-order valence-corrected chi connectivity index (χ0v) is 50.8. The second-order valence-electron chi connectivity index (χ2n) is 22.6. The molecule has 6 nitrogen and oxygen atoms in total. The zero-order chi connectivity index (χ0) is 53.9. The van der Waals surface area contributed by atoms with Crippen molar-refractivity contribution in [2.24, 2.45) is 0 Å². The second kappa shape index (κ2) is 29.6. The van der Waals surface area contributed by atoms with E-state index in [0.717, 1.165) is 64.1 Å². The molecule has 0 amide bonds. The van der Waals surface area contributed by atoms with Crippen molar-refractivity contribution in [3.8, 4) is 33.7 Å². The molecule has 10 heteroatoms. The van der Waals surface area contributed by atoms with Gasteiger partial charge in [0.05, 0.1) is 23.9 Å². The van der Waals surface area contributed by atoms with Crippen LogP contribution in [0.2, 0.25) is 0 Å². The Balaban J connectivity index is 1.20. The second-order valence-corrected chi connectivity index (χ2v) is 26.8. The number of fused-ring (bicyclic) bond motifs is 7. The van der Waals surface area contributed by atoms with E-state index in [-0.39, 0.29) is 16.9 Å². The van der Waals surface area contributed by atoms with Crippen LogP contribution in [0.3, 0.4) is 0 Å². The molecule has 0 radical (unpaired) electrons. The minimum atomic E-state index is -0.898. The molecule has 4 aromatic heterocycles. The molecule has 2 aliphatic rings. The summed E-state index contributed by atoms with van der Waals surface area (Å²) >= 11 is 7.36. The van der Waals surface area contributed by atoms with E-state index in [1.165, 1.54) is 201 Å². The maximum Gasteiger partial charge on any atom is 0.172 e. The number of thiophene rings is 4. The molecule has 0 fully saturated rings. The van der Waals surface area contributed by atoms with Crippen LogP contribution in [0.4, 0.5) is 5.69 Å². The summed E-state index contributed by atoms with van der Waals surface area (Å²) in [6, 6.07) is 17.8. The normalized spacial score (nSPS) is 14.5. The Morgan fingerprint density at radius 1 is 0.579 bits per heavy atom. The van der Waals surface area contributed by atoms with Crippen molar-refractivity contribution in [2.75, 3.05) is 19.0 Å². The average Bonchev–Trinajstić information content (AvgIpc) is 4.29. The first-order valence-corrected chi connectivity index (χ1v) is 33.0. The Bertz CT molecular complexity index is 2850. The van der Waals surface area contributed by atoms with E-state index in [1.807, 2.05) is 48.7 Å². The first-order chi connectivity index (χ1) is 37.0. The Hall–Kier alpha value is -4.37. The number of aryl methyl sites for hydroxylation is 1. The molecule has 7 rings (SSSR count). The van der Waals surface area contributed by atoms with Gasteiger partial charge in [-0.3, -0.25) is 0 Å². The zero-order valence-electron chi connectivity index (χ0n) is 47.5. The van der Waals surface area contributed by atoms with Crippen LogP contribution in [0, 0.1) is 34.0 Å². The lowest BCUT2D eigenvalue weighted by atomic mass is 9.81. The summed E-state index contributed by atoms with van der Waals surface area (Å²) in [5.74, 6) is 1.07. The van der Waals surface area contributed by atoms with Crippen molar-refractivity contribution in [3.63, 3.8) is 0 Å². The summed E-state index contributed by atoms with van der Waals surface area (Å²) < 4.78 is 19.1. The molecule has 1 aromatic carbocycles. The fourth-order valence-corrected chi connectivity index (χ4v) is 17.3. The lowest BCUT2D eigenvalue weighted by Gasteiger charge is -2.39. The summed E-state index contributed by atoms with van der Waals surface area (Å²) in [5.41, 5.74) is 4.82. The predicted octanol–water partition coefficient (Wildman–Crippen LogP) is 22.0. The number of ether oxygens (including phenoxy) is 2. The molecule has 5 aromatic rings. The predicted molar refractivity (Wildman–Crippen MR) is 331 cm³/mol. The largest absolute Gasteiger partial charge is 0.479 e. The number of unbranched alkanes of at least 4 members (excludes halogenated alkanes) is 24. The van der Waals surface area contributed by atoms with E-state index in [1.54, 1.807) is 22.7 Å². The maximum atomic E-state index is 10.5. The van der Waals surface area contributed by atoms with Gasteiger partial charge in [-0.2, -0.15) is 15.8 Å². The van der Waals surface area contributed by atoms with Crippen molar-refractivity contribution in [1.82, 2.24) is 0 Å². The third kappa shape index (κ3) is 14.8. The molecular weight excluding hydrogens is 1010 g/mol. The van der Waals surface area contributed by atoms with Gasteiger partial charge in [0.15, 0.2) is 17.1 Å². The summed E-state index contributed by atoms with van der Waals surface area (Å²) in [7, 11) is 4.27. The van der Waals surface area contributed by atoms with Crippen LogP contribution in [0.15, 0.2) is 47.2 Å². The molecule has 0 atom stereocenters. The van der Waals surface area contributed by atoms with Gasteiger partial charge in [-0.15, -0.1) is 45.3 Å². The molecular formula is C66H88N4O2S4. The van der Waals surface area contributed by atoms with Crippen molar-refractivity contribution in [2.45, 2.75) is 238 Å². The van der Waals surface area contributed by atoms with Crippen LogP contribution in [0.5, 0.6) is 5.75 Å². The summed E-state index contributed by atoms with van der Waals surface area (Å²) in [6.45, 7) is 10.7. The molecule has 0 unspecified atom stereocenters. The highest BCUT2D eigenvalue weighted by Gasteiger charge is 2.46. The number of hydrogen-bond acceptors (Lipinski definition) is 10.